The van der Waals surface area contributed by atoms with E-state index < -0.39 is 5.69 Å². The normalized spacial score (nSPS) is 17.2. The van der Waals surface area contributed by atoms with Crippen molar-refractivity contribution < 1.29 is 0 Å². The molecule has 0 spiro atoms. The fraction of sp³-hybridized carbons (Fsp3) is 0.333. The molecule has 26 heavy (non-hydrogen) atoms. The third kappa shape index (κ3) is 2.88. The lowest BCUT2D eigenvalue weighted by molar-refractivity contribution is 0.208. The summed E-state index contributed by atoms with van der Waals surface area (Å²) >= 11 is 0. The molecule has 3 aromatic heterocycles. The zero-order valence-corrected chi connectivity index (χ0v) is 14.5. The molecule has 134 valence electrons. The number of imidazole rings is 1. The van der Waals surface area contributed by atoms with Gasteiger partial charge in [0.15, 0.2) is 0 Å². The average Bonchev–Trinajstić information content (AvgIpc) is 3.14. The molecule has 1 aliphatic rings. The quantitative estimate of drug-likeness (QED) is 0.707. The zero-order valence-electron chi connectivity index (χ0n) is 14.5. The highest BCUT2D eigenvalue weighted by Gasteiger charge is 2.31. The SMILES string of the molecule is Cn1c(=O)[nH]cc(CCN2CCc3[nH]cnc3[C@H]2c2ccccn2)c1=O. The predicted molar refractivity (Wildman–Crippen MR) is 96.0 cm³/mol. The van der Waals surface area contributed by atoms with E-state index in [1.165, 1.54) is 13.2 Å². The standard InChI is InChI=1S/C18H20N6O2/c1-23-17(25)12(10-20-18(23)26)5-8-24-9-6-13-15(22-11-21-13)16(24)14-4-2-3-7-19-14/h2-4,7,10-11,16H,5-6,8-9H2,1H3,(H,20,26)(H,21,22)/t16-/m1/s1. The molecule has 3 aromatic rings. The van der Waals surface area contributed by atoms with Gasteiger partial charge in [-0.05, 0) is 18.6 Å². The van der Waals surface area contributed by atoms with E-state index in [1.807, 2.05) is 18.2 Å². The van der Waals surface area contributed by atoms with Gasteiger partial charge in [-0.25, -0.2) is 9.78 Å². The fourth-order valence-corrected chi connectivity index (χ4v) is 3.49. The van der Waals surface area contributed by atoms with Gasteiger partial charge in [0.2, 0.25) is 0 Å². The van der Waals surface area contributed by atoms with Crippen LogP contribution in [0.4, 0.5) is 0 Å². The third-order valence-corrected chi connectivity index (χ3v) is 4.91. The molecule has 2 N–H and O–H groups in total. The van der Waals surface area contributed by atoms with Crippen molar-refractivity contribution in [3.8, 4) is 0 Å². The fourth-order valence-electron chi connectivity index (χ4n) is 3.49. The van der Waals surface area contributed by atoms with Crippen LogP contribution in [0.15, 0.2) is 46.5 Å². The second kappa shape index (κ2) is 6.72. The van der Waals surface area contributed by atoms with E-state index in [0.717, 1.165) is 34.6 Å². The topological polar surface area (TPSA) is 99.7 Å². The van der Waals surface area contributed by atoms with Gasteiger partial charge in [0.1, 0.15) is 0 Å². The Morgan fingerprint density at radius 2 is 2.12 bits per heavy atom. The van der Waals surface area contributed by atoms with Gasteiger partial charge in [-0.3, -0.25) is 19.2 Å². The number of rotatable bonds is 4. The van der Waals surface area contributed by atoms with Crippen LogP contribution in [0.2, 0.25) is 0 Å². The number of nitrogens with one attached hydrogen (secondary N) is 2. The number of nitrogens with zero attached hydrogens (tertiary/aromatic N) is 4. The lowest BCUT2D eigenvalue weighted by Crippen LogP contribution is -2.40. The number of aromatic amines is 2. The molecule has 0 saturated heterocycles. The summed E-state index contributed by atoms with van der Waals surface area (Å²) in [5, 5.41) is 0. The maximum Gasteiger partial charge on any atom is 0.328 e. The minimum Gasteiger partial charge on any atom is -0.348 e. The number of pyridine rings is 1. The van der Waals surface area contributed by atoms with Crippen molar-refractivity contribution in [2.24, 2.45) is 7.05 Å². The van der Waals surface area contributed by atoms with Crippen LogP contribution in [-0.2, 0) is 19.9 Å². The number of hydrogen-bond acceptors (Lipinski definition) is 5. The van der Waals surface area contributed by atoms with Crippen molar-refractivity contribution >= 4 is 0 Å². The van der Waals surface area contributed by atoms with E-state index in [0.29, 0.717) is 18.5 Å². The van der Waals surface area contributed by atoms with Crippen LogP contribution >= 0.6 is 0 Å². The number of aromatic nitrogens is 5. The molecule has 4 rings (SSSR count). The summed E-state index contributed by atoms with van der Waals surface area (Å²) in [5.74, 6) is 0. The van der Waals surface area contributed by atoms with Crippen LogP contribution in [0.25, 0.3) is 0 Å². The second-order valence-corrected chi connectivity index (χ2v) is 6.44. The van der Waals surface area contributed by atoms with Crippen molar-refractivity contribution in [3.05, 3.63) is 80.4 Å². The van der Waals surface area contributed by atoms with E-state index in [4.69, 9.17) is 0 Å². The van der Waals surface area contributed by atoms with Gasteiger partial charge in [-0.1, -0.05) is 6.07 Å². The van der Waals surface area contributed by atoms with Crippen LogP contribution in [0, 0.1) is 0 Å². The van der Waals surface area contributed by atoms with Crippen LogP contribution in [0.5, 0.6) is 0 Å². The van der Waals surface area contributed by atoms with Crippen LogP contribution in [0.1, 0.15) is 28.7 Å². The molecule has 0 bridgehead atoms. The van der Waals surface area contributed by atoms with Crippen molar-refractivity contribution in [3.63, 3.8) is 0 Å². The highest BCUT2D eigenvalue weighted by molar-refractivity contribution is 5.28. The monoisotopic (exact) mass is 352 g/mol. The summed E-state index contributed by atoms with van der Waals surface area (Å²) in [6.07, 6.45) is 6.45. The summed E-state index contributed by atoms with van der Waals surface area (Å²) in [6.45, 7) is 1.52. The van der Waals surface area contributed by atoms with Gasteiger partial charge in [-0.2, -0.15) is 0 Å². The van der Waals surface area contributed by atoms with Crippen LogP contribution in [-0.4, -0.2) is 42.5 Å². The summed E-state index contributed by atoms with van der Waals surface area (Å²) in [6, 6.07) is 5.82. The van der Waals surface area contributed by atoms with Crippen LogP contribution in [0.3, 0.4) is 0 Å². The summed E-state index contributed by atoms with van der Waals surface area (Å²) in [5.41, 5.74) is 3.01. The number of fused-ring (bicyclic) bond motifs is 1. The van der Waals surface area contributed by atoms with Gasteiger partial charge >= 0.3 is 5.69 Å². The van der Waals surface area contributed by atoms with Gasteiger partial charge in [0, 0.05) is 50.2 Å². The van der Waals surface area contributed by atoms with E-state index >= 15 is 0 Å². The minimum atomic E-state index is -0.399. The molecule has 1 aliphatic heterocycles. The predicted octanol–water partition coefficient (Wildman–Crippen LogP) is 0.382. The highest BCUT2D eigenvalue weighted by atomic mass is 16.2. The third-order valence-electron chi connectivity index (χ3n) is 4.91. The first kappa shape index (κ1) is 16.5. The zero-order chi connectivity index (χ0) is 18.1. The van der Waals surface area contributed by atoms with Gasteiger partial charge < -0.3 is 9.97 Å². The molecule has 1 atom stereocenters. The Morgan fingerprint density at radius 3 is 2.92 bits per heavy atom. The van der Waals surface area contributed by atoms with E-state index in [9.17, 15) is 9.59 Å². The summed E-state index contributed by atoms with van der Waals surface area (Å²) < 4.78 is 1.10. The van der Waals surface area contributed by atoms with Crippen molar-refractivity contribution in [2.75, 3.05) is 13.1 Å². The molecule has 0 aliphatic carbocycles. The Morgan fingerprint density at radius 1 is 1.23 bits per heavy atom. The molecule has 8 heteroatoms. The van der Waals surface area contributed by atoms with E-state index in [-0.39, 0.29) is 11.6 Å². The van der Waals surface area contributed by atoms with E-state index in [1.54, 1.807) is 12.5 Å². The van der Waals surface area contributed by atoms with Gasteiger partial charge in [0.25, 0.3) is 5.56 Å². The van der Waals surface area contributed by atoms with Crippen molar-refractivity contribution in [2.45, 2.75) is 18.9 Å². The Labute approximate surface area is 149 Å². The van der Waals surface area contributed by atoms with Gasteiger partial charge in [-0.15, -0.1) is 0 Å². The average molecular weight is 352 g/mol. The highest BCUT2D eigenvalue weighted by Crippen LogP contribution is 2.31. The molecule has 0 saturated carbocycles. The lowest BCUT2D eigenvalue weighted by atomic mass is 9.98. The first-order valence-corrected chi connectivity index (χ1v) is 8.60. The molecule has 0 unspecified atom stereocenters. The Bertz CT molecular complexity index is 1020. The molecular formula is C18H20N6O2. The molecular weight excluding hydrogens is 332 g/mol. The molecule has 4 heterocycles. The van der Waals surface area contributed by atoms with Crippen LogP contribution < -0.4 is 11.2 Å². The second-order valence-electron chi connectivity index (χ2n) is 6.44. The molecule has 0 fully saturated rings. The Hall–Kier alpha value is -3.00. The lowest BCUT2D eigenvalue weighted by Gasteiger charge is -2.34. The van der Waals surface area contributed by atoms with Gasteiger partial charge in [0.05, 0.1) is 23.8 Å². The first-order chi connectivity index (χ1) is 12.6. The van der Waals surface area contributed by atoms with E-state index in [2.05, 4.69) is 24.8 Å². The molecule has 0 aromatic carbocycles. The Kier molecular flexibility index (Phi) is 4.26. The molecule has 8 nitrogen and oxygen atoms in total. The molecule has 0 radical (unpaired) electrons. The van der Waals surface area contributed by atoms with Crippen molar-refractivity contribution in [1.82, 2.24) is 29.4 Å². The number of H-pyrrole nitrogens is 2. The summed E-state index contributed by atoms with van der Waals surface area (Å²) in [7, 11) is 1.48. The number of hydrogen-bond donors (Lipinski definition) is 2. The van der Waals surface area contributed by atoms with Crippen molar-refractivity contribution in [1.29, 1.82) is 0 Å². The Balaban J connectivity index is 1.62. The largest absolute Gasteiger partial charge is 0.348 e. The smallest absolute Gasteiger partial charge is 0.328 e. The maximum atomic E-state index is 12.3. The molecule has 0 amide bonds. The summed E-state index contributed by atoms with van der Waals surface area (Å²) in [4.78, 5) is 40.9. The minimum absolute atomic E-state index is 0.0437. The maximum absolute atomic E-state index is 12.3. The first-order valence-electron chi connectivity index (χ1n) is 8.60.